The molecular formula is C59H97N21O14. The van der Waals surface area contributed by atoms with Gasteiger partial charge in [0.1, 0.15) is 54.4 Å². The molecular weight excluding hydrogens is 1230 g/mol. The number of hydrogen-bond acceptors (Lipinski definition) is 19. The first kappa shape index (κ1) is 80.5. The zero-order valence-electron chi connectivity index (χ0n) is 53.4. The van der Waals surface area contributed by atoms with E-state index in [0.717, 1.165) is 5.56 Å². The Morgan fingerprint density at radius 3 is 1.26 bits per heavy atom. The fourth-order valence-electron chi connectivity index (χ4n) is 8.93. The van der Waals surface area contributed by atoms with E-state index in [1.807, 2.05) is 6.07 Å². The summed E-state index contributed by atoms with van der Waals surface area (Å²) in [6.07, 6.45) is 0.360. The minimum atomic E-state index is -1.72. The van der Waals surface area contributed by atoms with Crippen LogP contribution in [0, 0.1) is 0 Å². The molecule has 0 unspecified atom stereocenters. The molecule has 35 nitrogen and oxygen atoms in total. The maximum atomic E-state index is 14.1. The Morgan fingerprint density at radius 1 is 0.426 bits per heavy atom. The molecule has 0 aliphatic rings. The lowest BCUT2D eigenvalue weighted by Gasteiger charge is -2.26. The second kappa shape index (κ2) is 44.1. The summed E-state index contributed by atoms with van der Waals surface area (Å²) < 4.78 is 0. The molecule has 29 N–H and O–H groups in total. The first-order chi connectivity index (χ1) is 44.6. The summed E-state index contributed by atoms with van der Waals surface area (Å²) in [7, 11) is 0. The molecule has 0 bridgehead atoms. The number of carbonyl (C=O) groups is 12. The van der Waals surface area contributed by atoms with Crippen molar-refractivity contribution in [2.24, 2.45) is 55.9 Å². The maximum absolute atomic E-state index is 14.1. The molecule has 0 aromatic heterocycles. The zero-order chi connectivity index (χ0) is 70.3. The summed E-state index contributed by atoms with van der Waals surface area (Å²) >= 11 is 0. The number of guanidine groups is 2. The van der Waals surface area contributed by atoms with Gasteiger partial charge in [0.25, 0.3) is 0 Å². The Bertz CT molecular complexity index is 2850. The molecule has 0 saturated carbocycles. The topological polar surface area (TPSA) is 611 Å². The number of unbranched alkanes of at least 4 members (excludes halogenated alkanes) is 2. The van der Waals surface area contributed by atoms with E-state index in [1.54, 1.807) is 54.6 Å². The van der Waals surface area contributed by atoms with Gasteiger partial charge >= 0.3 is 0 Å². The highest BCUT2D eigenvalue weighted by atomic mass is 16.3. The molecule has 0 radical (unpaired) electrons. The number of amides is 12. The Morgan fingerprint density at radius 2 is 0.809 bits per heavy atom. The zero-order valence-corrected chi connectivity index (χ0v) is 53.4. The van der Waals surface area contributed by atoms with E-state index in [2.05, 4.69) is 68.5 Å². The molecule has 11 atom stereocenters. The molecule has 0 aliphatic carbocycles. The van der Waals surface area contributed by atoms with E-state index < -0.39 is 157 Å². The highest BCUT2D eigenvalue weighted by molar-refractivity contribution is 5.99. The number of benzene rings is 2. The van der Waals surface area contributed by atoms with Gasteiger partial charge in [-0.15, -0.1) is 0 Å². The van der Waals surface area contributed by atoms with Gasteiger partial charge in [-0.25, -0.2) is 0 Å². The van der Waals surface area contributed by atoms with Gasteiger partial charge in [0.2, 0.25) is 70.9 Å². The second-order valence-corrected chi connectivity index (χ2v) is 22.1. The fraction of sp³-hybridized carbons (Fsp3) is 0.559. The largest absolute Gasteiger partial charge is 0.394 e. The summed E-state index contributed by atoms with van der Waals surface area (Å²) in [6, 6.07) is 3.66. The van der Waals surface area contributed by atoms with Gasteiger partial charge in [-0.1, -0.05) is 60.7 Å². The number of nitrogens with two attached hydrogens (primary N) is 8. The highest BCUT2D eigenvalue weighted by Crippen LogP contribution is 2.10. The van der Waals surface area contributed by atoms with Crippen LogP contribution in [-0.2, 0) is 70.4 Å². The molecule has 35 heteroatoms. The SMILES string of the molecule is C[C@H](NC(=O)CNC(=O)[C@@H](NC(=O)[C@H](Cc1ccccc1)NC(=O)CNC(=O)[C@@H](N)Cc1ccccc1)[C@@H](C)O)C(=O)N[C@@H](CCCN=C(N)N)C(=O)N[C@@H](CCCCN)C(=O)N[C@@H](CO)C(=O)N[C@@H](C)C(=O)N[C@@H](CCCN=C(N)N)C(=O)N[C@@H](CCCCN)C(N)=O. The fourth-order valence-corrected chi connectivity index (χ4v) is 8.93. The van der Waals surface area contributed by atoms with Crippen LogP contribution in [-0.4, -0.2) is 205 Å². The molecule has 12 amide bonds. The van der Waals surface area contributed by atoms with Crippen LogP contribution in [0.2, 0.25) is 0 Å². The smallest absolute Gasteiger partial charge is 0.245 e. The Kier molecular flexibility index (Phi) is 37.7. The van der Waals surface area contributed by atoms with Crippen molar-refractivity contribution < 1.29 is 67.7 Å². The lowest BCUT2D eigenvalue weighted by atomic mass is 10.0. The number of hydrogen-bond donors (Lipinski definition) is 21. The van der Waals surface area contributed by atoms with E-state index in [9.17, 15) is 67.7 Å². The van der Waals surface area contributed by atoms with Gasteiger partial charge in [-0.3, -0.25) is 67.5 Å². The highest BCUT2D eigenvalue weighted by Gasteiger charge is 2.34. The first-order valence-corrected chi connectivity index (χ1v) is 30.8. The number of nitrogens with one attached hydrogen (secondary N) is 11. The molecule has 2 aromatic carbocycles. The molecule has 0 fully saturated rings. The van der Waals surface area contributed by atoms with Crippen LogP contribution in [0.25, 0.3) is 0 Å². The molecule has 0 spiro atoms. The number of carbonyl (C=O) groups excluding carboxylic acids is 12. The van der Waals surface area contributed by atoms with Gasteiger partial charge in [-0.05, 0) is 116 Å². The van der Waals surface area contributed by atoms with E-state index in [-0.39, 0.29) is 89.3 Å². The number of aliphatic hydroxyl groups is 2. The third kappa shape index (κ3) is 32.1. The van der Waals surface area contributed by atoms with Gasteiger partial charge < -0.3 is 115 Å². The molecule has 0 aliphatic heterocycles. The van der Waals surface area contributed by atoms with E-state index in [1.165, 1.54) is 20.8 Å². The molecule has 0 heterocycles. The van der Waals surface area contributed by atoms with E-state index >= 15 is 0 Å². The number of aliphatic imine (C=N–C) groups is 2. The van der Waals surface area contributed by atoms with E-state index in [4.69, 9.17) is 45.9 Å². The average Bonchev–Trinajstić information content (AvgIpc) is 1.16. The third-order valence-electron chi connectivity index (χ3n) is 14.2. The van der Waals surface area contributed by atoms with Crippen LogP contribution in [0.1, 0.15) is 96.1 Å². The van der Waals surface area contributed by atoms with Crippen molar-refractivity contribution in [3.8, 4) is 0 Å². The monoisotopic (exact) mass is 1320 g/mol. The lowest BCUT2D eigenvalue weighted by molar-refractivity contribution is -0.136. The summed E-state index contributed by atoms with van der Waals surface area (Å²) in [4.78, 5) is 169. The van der Waals surface area contributed by atoms with Crippen LogP contribution >= 0.6 is 0 Å². The number of primary amides is 1. The van der Waals surface area contributed by atoms with Crippen molar-refractivity contribution in [3.05, 3.63) is 71.8 Å². The normalized spacial score (nSPS) is 14.4. The standard InChI is InChI=1S/C59H97N21O14/c1-33(72-45(83)30-71-57(94)47(35(3)82)80-55(92)43(29-37-18-8-5-9-19-37)74-46(84)31-70-51(88)38(62)28-36-16-6-4-7-17-36)49(86)76-42(23-15-27-69-59(66)67)53(90)78-40(21-11-13-25-61)54(91)79-44(32-81)56(93)73-34(2)50(87)77-41(22-14-26-68-58(64)65)52(89)75-39(48(63)85)20-10-12-24-60/h4-9,16-19,33-35,38-44,47,81-82H,10-15,20-32,60-62H2,1-3H3,(H2,63,85)(H,70,88)(H,71,94)(H,72,83)(H,73,93)(H,74,84)(H,75,89)(H,76,86)(H,77,87)(H,78,90)(H,79,91)(H,80,92)(H4,64,65,68)(H4,66,67,69)/t33-,34-,35+,38-,39-,40-,41-,42-,43-,44-,47-/m0/s1. The van der Waals surface area contributed by atoms with Crippen molar-refractivity contribution in [2.75, 3.05) is 45.9 Å². The second-order valence-electron chi connectivity index (χ2n) is 22.1. The summed E-state index contributed by atoms with van der Waals surface area (Å²) in [5.41, 5.74) is 46.1. The first-order valence-electron chi connectivity index (χ1n) is 30.8. The summed E-state index contributed by atoms with van der Waals surface area (Å²) in [5, 5.41) is 47.9. The molecule has 522 valence electrons. The minimum Gasteiger partial charge on any atom is -0.394 e. The van der Waals surface area contributed by atoms with Crippen molar-refractivity contribution in [3.63, 3.8) is 0 Å². The predicted octanol–water partition coefficient (Wildman–Crippen LogP) is -8.34. The van der Waals surface area contributed by atoms with Gasteiger partial charge in [-0.2, -0.15) is 0 Å². The van der Waals surface area contributed by atoms with Crippen LogP contribution < -0.4 is 104 Å². The Hall–Kier alpha value is -9.58. The van der Waals surface area contributed by atoms with Crippen LogP contribution in [0.4, 0.5) is 0 Å². The van der Waals surface area contributed by atoms with Crippen molar-refractivity contribution in [2.45, 2.75) is 164 Å². The van der Waals surface area contributed by atoms with Crippen molar-refractivity contribution in [1.29, 1.82) is 0 Å². The molecule has 2 rings (SSSR count). The molecule has 94 heavy (non-hydrogen) atoms. The van der Waals surface area contributed by atoms with Crippen LogP contribution in [0.15, 0.2) is 70.6 Å². The van der Waals surface area contributed by atoms with Gasteiger partial charge in [0, 0.05) is 19.5 Å². The predicted molar refractivity (Wildman–Crippen MR) is 347 cm³/mol. The number of aliphatic hydroxyl groups excluding tert-OH is 2. The lowest BCUT2D eigenvalue weighted by Crippen LogP contribution is -2.60. The minimum absolute atomic E-state index is 0.0157. The molecule has 2 aromatic rings. The van der Waals surface area contributed by atoms with Crippen molar-refractivity contribution >= 4 is 82.8 Å². The molecule has 0 saturated heterocycles. The maximum Gasteiger partial charge on any atom is 0.245 e. The third-order valence-corrected chi connectivity index (χ3v) is 14.2. The summed E-state index contributed by atoms with van der Waals surface area (Å²) in [5.74, 6) is -11.2. The quantitative estimate of drug-likeness (QED) is 0.0166. The number of nitrogens with zero attached hydrogens (tertiary/aromatic N) is 2. The van der Waals surface area contributed by atoms with Gasteiger partial charge in [0.05, 0.1) is 31.8 Å². The Balaban J connectivity index is 2.20. The van der Waals surface area contributed by atoms with Gasteiger partial charge in [0.15, 0.2) is 11.9 Å². The average molecular weight is 1320 g/mol. The van der Waals surface area contributed by atoms with Crippen LogP contribution in [0.5, 0.6) is 0 Å². The number of rotatable bonds is 45. The van der Waals surface area contributed by atoms with E-state index in [0.29, 0.717) is 31.4 Å². The van der Waals surface area contributed by atoms with Crippen molar-refractivity contribution in [1.82, 2.24) is 58.5 Å². The summed E-state index contributed by atoms with van der Waals surface area (Å²) in [6.45, 7) is 1.90. The Labute approximate surface area is 545 Å². The van der Waals surface area contributed by atoms with Crippen LogP contribution in [0.3, 0.4) is 0 Å².